The first-order chi connectivity index (χ1) is 15.7. The quantitative estimate of drug-likeness (QED) is 0.772. The van der Waals surface area contributed by atoms with Gasteiger partial charge in [-0.2, -0.15) is 0 Å². The van der Waals surface area contributed by atoms with Crippen LogP contribution >= 0.6 is 0 Å². The van der Waals surface area contributed by atoms with Crippen LogP contribution in [-0.2, 0) is 0 Å². The van der Waals surface area contributed by atoms with Gasteiger partial charge in [0.1, 0.15) is 6.33 Å². The summed E-state index contributed by atoms with van der Waals surface area (Å²) in [6, 6.07) is 9.32. The van der Waals surface area contributed by atoms with Crippen LogP contribution in [0.5, 0.6) is 0 Å². The maximum atomic E-state index is 13.0. The minimum atomic E-state index is 0.0874. The summed E-state index contributed by atoms with van der Waals surface area (Å²) < 4.78 is 0. The molecule has 7 nitrogen and oxygen atoms in total. The average Bonchev–Trinajstić information content (AvgIpc) is 3.32. The molecule has 3 atom stereocenters. The number of carbonyl (C=O) groups excluding carboxylic acids is 1. The van der Waals surface area contributed by atoms with Gasteiger partial charge in [-0.05, 0) is 43.4 Å². The molecule has 1 aromatic heterocycles. The van der Waals surface area contributed by atoms with Crippen molar-refractivity contribution in [3.05, 3.63) is 48.5 Å². The molecule has 1 aliphatic carbocycles. The van der Waals surface area contributed by atoms with Crippen molar-refractivity contribution in [2.75, 3.05) is 26.2 Å². The lowest BCUT2D eigenvalue weighted by molar-refractivity contribution is -0.0591. The molecule has 0 spiro atoms. The van der Waals surface area contributed by atoms with E-state index in [1.54, 1.807) is 0 Å². The summed E-state index contributed by atoms with van der Waals surface area (Å²) in [5.74, 6) is 0.223. The van der Waals surface area contributed by atoms with E-state index in [4.69, 9.17) is 0 Å². The SMILES string of the molecule is O=C(NC1CCCC1)N1CCCCN2[C@H](CO)[C@@H](c3ccc(-c4cncnc4)cc3)[C@@H]2C1. The molecule has 0 unspecified atom stereocenters. The van der Waals surface area contributed by atoms with E-state index in [1.807, 2.05) is 17.3 Å². The predicted molar refractivity (Wildman–Crippen MR) is 123 cm³/mol. The van der Waals surface area contributed by atoms with E-state index < -0.39 is 0 Å². The number of aliphatic hydroxyl groups excluding tert-OH is 1. The Balaban J connectivity index is 1.33. The molecule has 0 radical (unpaired) electrons. The van der Waals surface area contributed by atoms with Gasteiger partial charge in [0.05, 0.1) is 6.61 Å². The molecule has 2 aliphatic heterocycles. The van der Waals surface area contributed by atoms with Gasteiger partial charge in [-0.1, -0.05) is 37.1 Å². The number of aromatic nitrogens is 2. The molecule has 2 aromatic rings. The summed E-state index contributed by atoms with van der Waals surface area (Å²) in [7, 11) is 0. The molecule has 5 rings (SSSR count). The van der Waals surface area contributed by atoms with Crippen molar-refractivity contribution in [3.63, 3.8) is 0 Å². The van der Waals surface area contributed by atoms with Crippen molar-refractivity contribution in [1.82, 2.24) is 25.1 Å². The largest absolute Gasteiger partial charge is 0.395 e. The molecule has 7 heteroatoms. The minimum absolute atomic E-state index is 0.0874. The molecular weight excluding hydrogens is 402 g/mol. The third-order valence-corrected chi connectivity index (χ3v) is 7.53. The second-order valence-electron chi connectivity index (χ2n) is 9.41. The summed E-state index contributed by atoms with van der Waals surface area (Å²) in [5.41, 5.74) is 3.30. The summed E-state index contributed by atoms with van der Waals surface area (Å²) in [4.78, 5) is 25.7. The number of carbonyl (C=O) groups is 1. The molecule has 2 amide bonds. The second kappa shape index (κ2) is 9.55. The van der Waals surface area contributed by atoms with Crippen LogP contribution in [0.15, 0.2) is 43.0 Å². The second-order valence-corrected chi connectivity index (χ2v) is 9.41. The van der Waals surface area contributed by atoms with Gasteiger partial charge in [0, 0.05) is 55.1 Å². The van der Waals surface area contributed by atoms with Gasteiger partial charge in [-0.3, -0.25) is 4.90 Å². The zero-order valence-electron chi connectivity index (χ0n) is 18.6. The third-order valence-electron chi connectivity index (χ3n) is 7.53. The van der Waals surface area contributed by atoms with E-state index >= 15 is 0 Å². The Hall–Kier alpha value is -2.51. The number of amides is 2. The first-order valence-corrected chi connectivity index (χ1v) is 12.0. The van der Waals surface area contributed by atoms with E-state index in [9.17, 15) is 9.90 Å². The van der Waals surface area contributed by atoms with Crippen molar-refractivity contribution in [3.8, 4) is 11.1 Å². The molecule has 3 fully saturated rings. The number of nitrogens with zero attached hydrogens (tertiary/aromatic N) is 4. The minimum Gasteiger partial charge on any atom is -0.395 e. The highest BCUT2D eigenvalue weighted by Gasteiger charge is 2.49. The fourth-order valence-corrected chi connectivity index (χ4v) is 5.81. The van der Waals surface area contributed by atoms with Crippen LogP contribution < -0.4 is 5.32 Å². The van der Waals surface area contributed by atoms with Crippen LogP contribution in [0.2, 0.25) is 0 Å². The molecular formula is C25H33N5O2. The first kappa shape index (κ1) is 21.3. The lowest BCUT2D eigenvalue weighted by atomic mass is 9.74. The smallest absolute Gasteiger partial charge is 0.317 e. The van der Waals surface area contributed by atoms with Crippen LogP contribution in [0.1, 0.15) is 50.0 Å². The number of fused-ring (bicyclic) bond motifs is 1. The van der Waals surface area contributed by atoms with Crippen molar-refractivity contribution >= 4 is 6.03 Å². The van der Waals surface area contributed by atoms with Crippen LogP contribution in [0, 0.1) is 0 Å². The third kappa shape index (κ3) is 4.24. The van der Waals surface area contributed by atoms with Gasteiger partial charge in [-0.15, -0.1) is 0 Å². The van der Waals surface area contributed by atoms with E-state index in [2.05, 4.69) is 44.5 Å². The highest BCUT2D eigenvalue weighted by atomic mass is 16.3. The fraction of sp³-hybridized carbons (Fsp3) is 0.560. The highest BCUT2D eigenvalue weighted by molar-refractivity contribution is 5.74. The lowest BCUT2D eigenvalue weighted by Crippen LogP contribution is -2.68. The number of nitrogens with one attached hydrogen (secondary N) is 1. The van der Waals surface area contributed by atoms with Crippen LogP contribution in [0.25, 0.3) is 11.1 Å². The molecule has 32 heavy (non-hydrogen) atoms. The van der Waals surface area contributed by atoms with Gasteiger partial charge in [0.2, 0.25) is 0 Å². The molecule has 2 N–H and O–H groups in total. The first-order valence-electron chi connectivity index (χ1n) is 12.0. The predicted octanol–water partition coefficient (Wildman–Crippen LogP) is 3.02. The van der Waals surface area contributed by atoms with Crippen LogP contribution in [0.4, 0.5) is 4.79 Å². The Morgan fingerprint density at radius 2 is 1.72 bits per heavy atom. The van der Waals surface area contributed by atoms with Gasteiger partial charge in [0.15, 0.2) is 0 Å². The Morgan fingerprint density at radius 1 is 1.00 bits per heavy atom. The molecule has 170 valence electrons. The monoisotopic (exact) mass is 435 g/mol. The van der Waals surface area contributed by atoms with Gasteiger partial charge in [0.25, 0.3) is 0 Å². The highest BCUT2D eigenvalue weighted by Crippen LogP contribution is 2.42. The maximum Gasteiger partial charge on any atom is 0.317 e. The molecule has 3 aliphatic rings. The Kier molecular flexibility index (Phi) is 6.37. The summed E-state index contributed by atoms with van der Waals surface area (Å²) in [6.45, 7) is 2.66. The Morgan fingerprint density at radius 3 is 2.44 bits per heavy atom. The average molecular weight is 436 g/mol. The molecule has 2 saturated heterocycles. The number of benzene rings is 1. The Labute approximate surface area is 189 Å². The summed E-state index contributed by atoms with van der Waals surface area (Å²) in [5, 5.41) is 13.4. The van der Waals surface area contributed by atoms with Crippen molar-refractivity contribution in [2.24, 2.45) is 0 Å². The zero-order valence-corrected chi connectivity index (χ0v) is 18.6. The number of hydrogen-bond donors (Lipinski definition) is 2. The number of rotatable bonds is 4. The molecule has 0 bridgehead atoms. The van der Waals surface area contributed by atoms with E-state index in [0.717, 1.165) is 49.9 Å². The fourth-order valence-electron chi connectivity index (χ4n) is 5.81. The van der Waals surface area contributed by atoms with E-state index in [1.165, 1.54) is 24.7 Å². The standard InChI is InChI=1S/C25H33N5O2/c31-16-23-24(19-9-7-18(8-10-19)20-13-26-17-27-14-20)22-15-29(11-3-4-12-30(22)23)25(32)28-21-5-1-2-6-21/h7-10,13-14,17,21-24,31H,1-6,11-12,15-16H2,(H,28,32)/t22-,23+,24-/m0/s1. The topological polar surface area (TPSA) is 81.6 Å². The molecule has 3 heterocycles. The van der Waals surface area contributed by atoms with E-state index in [-0.39, 0.29) is 30.6 Å². The van der Waals surface area contributed by atoms with Crippen molar-refractivity contribution < 1.29 is 9.90 Å². The lowest BCUT2D eigenvalue weighted by Gasteiger charge is -2.57. The van der Waals surface area contributed by atoms with Gasteiger partial charge >= 0.3 is 6.03 Å². The molecule has 1 saturated carbocycles. The zero-order chi connectivity index (χ0) is 21.9. The van der Waals surface area contributed by atoms with Crippen molar-refractivity contribution in [2.45, 2.75) is 62.6 Å². The number of aliphatic hydroxyl groups is 1. The van der Waals surface area contributed by atoms with Crippen LogP contribution in [-0.4, -0.2) is 75.3 Å². The summed E-state index contributed by atoms with van der Waals surface area (Å²) >= 11 is 0. The number of hydrogen-bond acceptors (Lipinski definition) is 5. The van der Waals surface area contributed by atoms with Crippen LogP contribution in [0.3, 0.4) is 0 Å². The van der Waals surface area contributed by atoms with Crippen molar-refractivity contribution in [1.29, 1.82) is 0 Å². The summed E-state index contributed by atoms with van der Waals surface area (Å²) in [6.07, 6.45) is 11.9. The normalized spacial score (nSPS) is 26.7. The Bertz CT molecular complexity index is 900. The van der Waals surface area contributed by atoms with E-state index in [0.29, 0.717) is 12.6 Å². The van der Waals surface area contributed by atoms with Gasteiger partial charge < -0.3 is 15.3 Å². The maximum absolute atomic E-state index is 13.0. The number of urea groups is 1. The van der Waals surface area contributed by atoms with Gasteiger partial charge in [-0.25, -0.2) is 14.8 Å². The molecule has 1 aromatic carbocycles.